The summed E-state index contributed by atoms with van der Waals surface area (Å²) in [6, 6.07) is 15.2. The molecule has 6 heteroatoms. The Hall–Kier alpha value is -2.60. The van der Waals surface area contributed by atoms with Gasteiger partial charge in [-0.1, -0.05) is 36.5 Å². The molecule has 0 radical (unpaired) electrons. The minimum absolute atomic E-state index is 0.339. The molecule has 2 N–H and O–H groups in total. The number of para-hydroxylation sites is 2. The van der Waals surface area contributed by atoms with Crippen LogP contribution < -0.4 is 10.6 Å². The van der Waals surface area contributed by atoms with E-state index < -0.39 is 0 Å². The second-order valence-electron chi connectivity index (χ2n) is 4.54. The average Bonchev–Trinajstić information content (AvgIpc) is 2.53. The normalized spacial score (nSPS) is 10.5. The van der Waals surface area contributed by atoms with Crippen molar-refractivity contribution in [3.8, 4) is 0 Å². The number of thiocarbonyl (C=S) groups is 1. The smallest absolute Gasteiger partial charge is 0.250 e. The van der Waals surface area contributed by atoms with Gasteiger partial charge in [-0.15, -0.1) is 10.2 Å². The number of rotatable bonds is 3. The number of hydrogen-bond acceptors (Lipinski definition) is 5. The summed E-state index contributed by atoms with van der Waals surface area (Å²) < 4.78 is 0. The highest BCUT2D eigenvalue weighted by Gasteiger charge is 2.13. The summed E-state index contributed by atoms with van der Waals surface area (Å²) in [4.78, 5) is 6.69. The molecule has 0 spiro atoms. The van der Waals surface area contributed by atoms with E-state index in [9.17, 15) is 0 Å². The Morgan fingerprint density at radius 1 is 1.00 bits per heavy atom. The topological polar surface area (TPSA) is 67.9 Å². The molecule has 21 heavy (non-hydrogen) atoms. The van der Waals surface area contributed by atoms with Gasteiger partial charge in [0.25, 0.3) is 0 Å². The van der Waals surface area contributed by atoms with Crippen LogP contribution in [0.5, 0.6) is 0 Å². The minimum atomic E-state index is 0.339. The average molecular weight is 295 g/mol. The van der Waals surface area contributed by atoms with Crippen molar-refractivity contribution in [1.82, 2.24) is 15.2 Å². The summed E-state index contributed by atoms with van der Waals surface area (Å²) in [7, 11) is 1.86. The first-order chi connectivity index (χ1) is 10.2. The van der Waals surface area contributed by atoms with Gasteiger partial charge in [-0.05, 0) is 24.3 Å². The molecule has 0 saturated carbocycles. The van der Waals surface area contributed by atoms with E-state index in [1.54, 1.807) is 0 Å². The molecule has 0 aliphatic heterocycles. The lowest BCUT2D eigenvalue weighted by atomic mass is 10.1. The molecule has 0 aliphatic carbocycles. The van der Waals surface area contributed by atoms with Gasteiger partial charge in [0, 0.05) is 12.6 Å². The molecular weight excluding hydrogens is 282 g/mol. The van der Waals surface area contributed by atoms with Gasteiger partial charge < -0.3 is 10.6 Å². The van der Waals surface area contributed by atoms with E-state index in [1.165, 1.54) is 0 Å². The molecule has 0 atom stereocenters. The van der Waals surface area contributed by atoms with Gasteiger partial charge in [-0.3, -0.25) is 0 Å². The molecule has 1 heterocycles. The van der Waals surface area contributed by atoms with E-state index in [0.717, 1.165) is 22.3 Å². The number of nitrogens with two attached hydrogens (primary N) is 1. The van der Waals surface area contributed by atoms with Crippen molar-refractivity contribution in [3.05, 3.63) is 54.1 Å². The zero-order chi connectivity index (χ0) is 14.8. The summed E-state index contributed by atoms with van der Waals surface area (Å²) in [6.45, 7) is 0. The second kappa shape index (κ2) is 5.41. The number of fused-ring (bicyclic) bond motifs is 1. The zero-order valence-electron chi connectivity index (χ0n) is 11.4. The standard InChI is InChI=1S/C15H13N5S/c1-20(13-9-5-2-6-10(13)14(16)21)15-17-11-7-3-4-8-12(11)18-19-15/h2-9H,1H3,(H2,16,21). The fraction of sp³-hybridized carbons (Fsp3) is 0.0667. The largest absolute Gasteiger partial charge is 0.389 e. The van der Waals surface area contributed by atoms with Crippen molar-refractivity contribution in [1.29, 1.82) is 0 Å². The lowest BCUT2D eigenvalue weighted by molar-refractivity contribution is 0.966. The molecule has 0 saturated heterocycles. The molecule has 0 unspecified atom stereocenters. The van der Waals surface area contributed by atoms with E-state index in [1.807, 2.05) is 60.5 Å². The van der Waals surface area contributed by atoms with Crippen molar-refractivity contribution in [2.24, 2.45) is 5.73 Å². The minimum Gasteiger partial charge on any atom is -0.389 e. The fourth-order valence-corrected chi connectivity index (χ4v) is 2.27. The number of aromatic nitrogens is 3. The maximum absolute atomic E-state index is 5.77. The lowest BCUT2D eigenvalue weighted by Gasteiger charge is -2.19. The van der Waals surface area contributed by atoms with Crippen molar-refractivity contribution in [2.45, 2.75) is 0 Å². The van der Waals surface area contributed by atoms with Crippen LogP contribution in [0.4, 0.5) is 11.6 Å². The van der Waals surface area contributed by atoms with Gasteiger partial charge in [-0.25, -0.2) is 4.98 Å². The molecule has 2 aromatic carbocycles. The number of hydrogen-bond donors (Lipinski definition) is 1. The molecular formula is C15H13N5S. The van der Waals surface area contributed by atoms with Gasteiger partial charge in [0.15, 0.2) is 0 Å². The van der Waals surface area contributed by atoms with Crippen LogP contribution in [0.1, 0.15) is 5.56 Å². The summed E-state index contributed by atoms with van der Waals surface area (Å²) >= 11 is 5.09. The Morgan fingerprint density at radius 3 is 2.43 bits per heavy atom. The summed E-state index contributed by atoms with van der Waals surface area (Å²) in [5, 5.41) is 8.35. The van der Waals surface area contributed by atoms with Crippen LogP contribution in [0.25, 0.3) is 11.0 Å². The number of anilines is 2. The third-order valence-corrected chi connectivity index (χ3v) is 3.40. The molecule has 0 aliphatic rings. The Balaban J connectivity index is 2.08. The van der Waals surface area contributed by atoms with Crippen LogP contribution in [0.3, 0.4) is 0 Å². The highest BCUT2D eigenvalue weighted by atomic mass is 32.1. The van der Waals surface area contributed by atoms with Crippen molar-refractivity contribution in [2.75, 3.05) is 11.9 Å². The first kappa shape index (κ1) is 13.4. The molecule has 3 rings (SSSR count). The van der Waals surface area contributed by atoms with Crippen LogP contribution in [0.2, 0.25) is 0 Å². The predicted molar refractivity (Wildman–Crippen MR) is 87.7 cm³/mol. The van der Waals surface area contributed by atoms with E-state index >= 15 is 0 Å². The highest BCUT2D eigenvalue weighted by Crippen LogP contribution is 2.24. The highest BCUT2D eigenvalue weighted by molar-refractivity contribution is 7.80. The number of nitrogens with zero attached hydrogens (tertiary/aromatic N) is 4. The van der Waals surface area contributed by atoms with Gasteiger partial charge in [0.1, 0.15) is 10.5 Å². The monoisotopic (exact) mass is 295 g/mol. The Bertz CT molecular complexity index is 818. The summed E-state index contributed by atoms with van der Waals surface area (Å²) in [5.41, 5.74) is 8.96. The molecule has 0 amide bonds. The van der Waals surface area contributed by atoms with Crippen LogP contribution >= 0.6 is 12.2 Å². The first-order valence-corrected chi connectivity index (χ1v) is 6.79. The predicted octanol–water partition coefficient (Wildman–Crippen LogP) is 2.43. The molecule has 0 bridgehead atoms. The van der Waals surface area contributed by atoms with E-state index in [-0.39, 0.29) is 0 Å². The van der Waals surface area contributed by atoms with Gasteiger partial charge in [0.2, 0.25) is 5.95 Å². The molecule has 0 fully saturated rings. The fourth-order valence-electron chi connectivity index (χ4n) is 2.10. The quantitative estimate of drug-likeness (QED) is 0.748. The molecule has 3 aromatic rings. The molecule has 104 valence electrons. The third kappa shape index (κ3) is 2.53. The maximum Gasteiger partial charge on any atom is 0.250 e. The zero-order valence-corrected chi connectivity index (χ0v) is 12.2. The van der Waals surface area contributed by atoms with Gasteiger partial charge >= 0.3 is 0 Å². The summed E-state index contributed by atoms with van der Waals surface area (Å²) in [5.74, 6) is 0.498. The lowest BCUT2D eigenvalue weighted by Crippen LogP contribution is -2.19. The van der Waals surface area contributed by atoms with E-state index in [0.29, 0.717) is 10.9 Å². The summed E-state index contributed by atoms with van der Waals surface area (Å²) in [6.07, 6.45) is 0. The first-order valence-electron chi connectivity index (χ1n) is 6.39. The Morgan fingerprint density at radius 2 is 1.67 bits per heavy atom. The van der Waals surface area contributed by atoms with Crippen molar-refractivity contribution >= 4 is 39.9 Å². The van der Waals surface area contributed by atoms with Crippen LogP contribution in [-0.2, 0) is 0 Å². The van der Waals surface area contributed by atoms with Gasteiger partial charge in [0.05, 0.1) is 11.2 Å². The van der Waals surface area contributed by atoms with Crippen molar-refractivity contribution < 1.29 is 0 Å². The SMILES string of the molecule is CN(c1nnc2ccccc2n1)c1ccccc1C(N)=S. The van der Waals surface area contributed by atoms with E-state index in [4.69, 9.17) is 18.0 Å². The second-order valence-corrected chi connectivity index (χ2v) is 4.98. The Labute approximate surface area is 127 Å². The Kier molecular flexibility index (Phi) is 3.45. The molecule has 5 nitrogen and oxygen atoms in total. The van der Waals surface area contributed by atoms with Crippen LogP contribution in [0, 0.1) is 0 Å². The van der Waals surface area contributed by atoms with Crippen LogP contribution in [0.15, 0.2) is 48.5 Å². The maximum atomic E-state index is 5.77. The van der Waals surface area contributed by atoms with Gasteiger partial charge in [-0.2, -0.15) is 0 Å². The third-order valence-electron chi connectivity index (χ3n) is 3.18. The molecule has 1 aromatic heterocycles. The van der Waals surface area contributed by atoms with Crippen LogP contribution in [-0.4, -0.2) is 27.2 Å². The number of benzene rings is 2. The van der Waals surface area contributed by atoms with Crippen molar-refractivity contribution in [3.63, 3.8) is 0 Å². The van der Waals surface area contributed by atoms with E-state index in [2.05, 4.69) is 15.2 Å².